The van der Waals surface area contributed by atoms with Crippen LogP contribution in [0, 0.1) is 10.1 Å². The second-order valence-electron chi connectivity index (χ2n) is 6.04. The molecule has 0 spiro atoms. The molecule has 0 aliphatic heterocycles. The van der Waals surface area contributed by atoms with E-state index < -0.39 is 4.92 Å². The Morgan fingerprint density at radius 2 is 1.92 bits per heavy atom. The molecule has 0 saturated heterocycles. The van der Waals surface area contributed by atoms with E-state index in [1.165, 1.54) is 23.9 Å². The number of non-ortho nitro benzene ring substituents is 1. The minimum absolute atomic E-state index is 0.0468. The van der Waals surface area contributed by atoms with Crippen LogP contribution in [0.5, 0.6) is 0 Å². The van der Waals surface area contributed by atoms with Gasteiger partial charge < -0.3 is 0 Å². The lowest BCUT2D eigenvalue weighted by atomic mass is 10.2. The topological polar surface area (TPSA) is 78.0 Å². The van der Waals surface area contributed by atoms with Crippen molar-refractivity contribution >= 4 is 40.0 Å². The van der Waals surface area contributed by atoms with Crippen LogP contribution in [0.3, 0.4) is 0 Å². The third-order valence-corrected chi connectivity index (χ3v) is 5.12. The van der Waals surface area contributed by atoms with E-state index in [2.05, 4.69) is 4.98 Å². The van der Waals surface area contributed by atoms with Gasteiger partial charge in [0.05, 0.1) is 15.8 Å². The van der Waals surface area contributed by atoms with E-state index in [0.29, 0.717) is 26.8 Å². The Morgan fingerprint density at radius 3 is 2.54 bits per heavy atom. The number of nitrogens with zero attached hydrogens (tertiary/aromatic N) is 3. The highest BCUT2D eigenvalue weighted by atomic mass is 35.5. The lowest BCUT2D eigenvalue weighted by molar-refractivity contribution is -0.384. The predicted octanol–water partition coefficient (Wildman–Crippen LogP) is 4.83. The molecule has 0 N–H and O–H groups in total. The number of nitro groups is 1. The van der Waals surface area contributed by atoms with E-state index in [-0.39, 0.29) is 17.3 Å². The van der Waals surface area contributed by atoms with Crippen LogP contribution in [0.1, 0.15) is 25.5 Å². The number of benzene rings is 2. The Bertz CT molecular complexity index is 1030. The van der Waals surface area contributed by atoms with Crippen molar-refractivity contribution in [2.24, 2.45) is 0 Å². The number of nitro benzene ring substituents is 1. The molecule has 8 heteroatoms. The summed E-state index contributed by atoms with van der Waals surface area (Å²) in [6, 6.07) is 11.4. The molecule has 0 amide bonds. The summed E-state index contributed by atoms with van der Waals surface area (Å²) in [7, 11) is 0. The van der Waals surface area contributed by atoms with E-state index in [9.17, 15) is 14.9 Å². The average Bonchev–Trinajstić information content (AvgIpc) is 2.59. The van der Waals surface area contributed by atoms with Crippen LogP contribution >= 0.6 is 23.4 Å². The normalized spacial score (nSPS) is 11.2. The quantitative estimate of drug-likeness (QED) is 0.270. The molecule has 0 aliphatic rings. The van der Waals surface area contributed by atoms with Gasteiger partial charge in [0.1, 0.15) is 0 Å². The monoisotopic (exact) mass is 389 g/mol. The van der Waals surface area contributed by atoms with Gasteiger partial charge >= 0.3 is 0 Å². The molecular formula is C18H16ClN3O3S. The van der Waals surface area contributed by atoms with Gasteiger partial charge in [-0.1, -0.05) is 35.5 Å². The summed E-state index contributed by atoms with van der Waals surface area (Å²) < 4.78 is 1.66. The van der Waals surface area contributed by atoms with E-state index in [1.54, 1.807) is 34.9 Å². The van der Waals surface area contributed by atoms with Crippen LogP contribution in [0.4, 0.5) is 5.69 Å². The third kappa shape index (κ3) is 3.73. The maximum absolute atomic E-state index is 12.8. The maximum Gasteiger partial charge on any atom is 0.269 e. The van der Waals surface area contributed by atoms with Gasteiger partial charge in [0.2, 0.25) is 0 Å². The van der Waals surface area contributed by atoms with E-state index in [4.69, 9.17) is 11.6 Å². The Labute approximate surface area is 159 Å². The Hall–Kier alpha value is -2.38. The van der Waals surface area contributed by atoms with Crippen molar-refractivity contribution in [3.8, 4) is 0 Å². The first kappa shape index (κ1) is 18.4. The van der Waals surface area contributed by atoms with Crippen LogP contribution in [0.2, 0.25) is 5.02 Å². The van der Waals surface area contributed by atoms with Crippen molar-refractivity contribution < 1.29 is 4.92 Å². The largest absolute Gasteiger partial charge is 0.285 e. The molecule has 26 heavy (non-hydrogen) atoms. The maximum atomic E-state index is 12.8. The first-order valence-electron chi connectivity index (χ1n) is 7.94. The van der Waals surface area contributed by atoms with E-state index in [0.717, 1.165) is 5.56 Å². The zero-order valence-corrected chi connectivity index (χ0v) is 15.8. The molecule has 0 saturated carbocycles. The zero-order chi connectivity index (χ0) is 18.8. The molecule has 1 heterocycles. The number of fused-ring (bicyclic) bond motifs is 1. The lowest BCUT2D eigenvalue weighted by Crippen LogP contribution is -2.25. The van der Waals surface area contributed by atoms with Crippen LogP contribution in [-0.2, 0) is 5.75 Å². The lowest BCUT2D eigenvalue weighted by Gasteiger charge is -2.16. The third-order valence-electron chi connectivity index (χ3n) is 3.86. The standard InChI is InChI=1S/C18H16ClN3O3S/c1-11(2)21-17(23)15-8-5-13(19)9-16(15)20-18(21)26-10-12-3-6-14(7-4-12)22(24)25/h3-9,11H,10H2,1-2H3. The molecule has 6 nitrogen and oxygen atoms in total. The number of halogens is 1. The summed E-state index contributed by atoms with van der Waals surface area (Å²) >= 11 is 7.44. The van der Waals surface area contributed by atoms with Gasteiger partial charge in [-0.25, -0.2) is 4.98 Å². The second kappa shape index (κ2) is 7.47. The van der Waals surface area contributed by atoms with Crippen LogP contribution in [0.15, 0.2) is 52.4 Å². The molecule has 0 radical (unpaired) electrons. The molecule has 0 unspecified atom stereocenters. The summed E-state index contributed by atoms with van der Waals surface area (Å²) in [6.07, 6.45) is 0. The summed E-state index contributed by atoms with van der Waals surface area (Å²) in [4.78, 5) is 27.8. The molecule has 134 valence electrons. The van der Waals surface area contributed by atoms with Crippen molar-refractivity contribution in [2.45, 2.75) is 30.8 Å². The van der Waals surface area contributed by atoms with Crippen LogP contribution in [0.25, 0.3) is 10.9 Å². The predicted molar refractivity (Wildman–Crippen MR) is 104 cm³/mol. The summed E-state index contributed by atoms with van der Waals surface area (Å²) in [5, 5.41) is 12.4. The first-order valence-corrected chi connectivity index (χ1v) is 9.31. The van der Waals surface area contributed by atoms with E-state index >= 15 is 0 Å². The number of rotatable bonds is 5. The minimum atomic E-state index is -0.429. The fourth-order valence-corrected chi connectivity index (χ4v) is 3.82. The fraction of sp³-hybridized carbons (Fsp3) is 0.222. The van der Waals surface area contributed by atoms with Gasteiger partial charge in [-0.3, -0.25) is 19.5 Å². The smallest absolute Gasteiger partial charge is 0.269 e. The van der Waals surface area contributed by atoms with Gasteiger partial charge in [-0.2, -0.15) is 0 Å². The van der Waals surface area contributed by atoms with Crippen molar-refractivity contribution in [1.29, 1.82) is 0 Å². The summed E-state index contributed by atoms with van der Waals surface area (Å²) in [6.45, 7) is 3.86. The molecule has 1 aromatic heterocycles. The molecule has 0 bridgehead atoms. The molecule has 3 rings (SSSR count). The molecule has 3 aromatic rings. The van der Waals surface area contributed by atoms with Crippen LogP contribution in [-0.4, -0.2) is 14.5 Å². The van der Waals surface area contributed by atoms with Gasteiger partial charge in [0, 0.05) is 29.0 Å². The number of aromatic nitrogens is 2. The average molecular weight is 390 g/mol. The fourth-order valence-electron chi connectivity index (χ4n) is 2.57. The highest BCUT2D eigenvalue weighted by molar-refractivity contribution is 7.98. The zero-order valence-electron chi connectivity index (χ0n) is 14.2. The number of hydrogen-bond donors (Lipinski definition) is 0. The van der Waals surface area contributed by atoms with Gasteiger partial charge in [0.15, 0.2) is 5.16 Å². The minimum Gasteiger partial charge on any atom is -0.285 e. The molecule has 0 atom stereocenters. The number of thioether (sulfide) groups is 1. The Kier molecular flexibility index (Phi) is 5.29. The van der Waals surface area contributed by atoms with Crippen molar-refractivity contribution in [3.05, 3.63) is 73.5 Å². The van der Waals surface area contributed by atoms with Crippen LogP contribution < -0.4 is 5.56 Å². The Morgan fingerprint density at radius 1 is 1.23 bits per heavy atom. The summed E-state index contributed by atoms with van der Waals surface area (Å²) in [5.74, 6) is 0.545. The molecule has 0 fully saturated rings. The summed E-state index contributed by atoms with van der Waals surface area (Å²) in [5.41, 5.74) is 1.42. The van der Waals surface area contributed by atoms with Gasteiger partial charge in [0.25, 0.3) is 11.2 Å². The molecular weight excluding hydrogens is 374 g/mol. The SMILES string of the molecule is CC(C)n1c(SCc2ccc([N+](=O)[O-])cc2)nc2cc(Cl)ccc2c1=O. The van der Waals surface area contributed by atoms with Gasteiger partial charge in [-0.05, 0) is 37.6 Å². The van der Waals surface area contributed by atoms with Crippen molar-refractivity contribution in [2.75, 3.05) is 0 Å². The molecule has 0 aliphatic carbocycles. The molecule has 2 aromatic carbocycles. The van der Waals surface area contributed by atoms with E-state index in [1.807, 2.05) is 13.8 Å². The highest BCUT2D eigenvalue weighted by Crippen LogP contribution is 2.26. The van der Waals surface area contributed by atoms with Crippen molar-refractivity contribution in [3.63, 3.8) is 0 Å². The van der Waals surface area contributed by atoms with Gasteiger partial charge in [-0.15, -0.1) is 0 Å². The first-order chi connectivity index (χ1) is 12.4. The Balaban J connectivity index is 1.96. The van der Waals surface area contributed by atoms with Crippen molar-refractivity contribution in [1.82, 2.24) is 9.55 Å². The highest BCUT2D eigenvalue weighted by Gasteiger charge is 2.15. The number of hydrogen-bond acceptors (Lipinski definition) is 5. The second-order valence-corrected chi connectivity index (χ2v) is 7.42.